The highest BCUT2D eigenvalue weighted by molar-refractivity contribution is 7.90. The van der Waals surface area contributed by atoms with E-state index in [0.29, 0.717) is 55.0 Å². The Bertz CT molecular complexity index is 1310. The van der Waals surface area contributed by atoms with Gasteiger partial charge in [0.25, 0.3) is 5.91 Å². The first-order chi connectivity index (χ1) is 15.8. The smallest absolute Gasteiger partial charge is 0.257 e. The second-order valence-corrected chi connectivity index (χ2v) is 12.0. The van der Waals surface area contributed by atoms with E-state index < -0.39 is 9.84 Å². The van der Waals surface area contributed by atoms with Crippen LogP contribution in [0.1, 0.15) is 23.2 Å². The van der Waals surface area contributed by atoms with Gasteiger partial charge in [0.1, 0.15) is 5.75 Å². The zero-order chi connectivity index (χ0) is 23.2. The Labute approximate surface area is 201 Å². The second kappa shape index (κ2) is 8.77. The molecule has 1 aliphatic carbocycles. The van der Waals surface area contributed by atoms with E-state index in [2.05, 4.69) is 4.90 Å². The van der Waals surface area contributed by atoms with Gasteiger partial charge in [0.05, 0.1) is 27.3 Å². The van der Waals surface area contributed by atoms with Crippen LogP contribution in [0.4, 0.5) is 5.13 Å². The van der Waals surface area contributed by atoms with Crippen LogP contribution < -0.4 is 9.64 Å². The molecule has 2 aromatic carbocycles. The highest BCUT2D eigenvalue weighted by atomic mass is 35.5. The van der Waals surface area contributed by atoms with Crippen molar-refractivity contribution in [3.8, 4) is 5.75 Å². The Kier molecular flexibility index (Phi) is 5.96. The number of aromatic nitrogens is 1. The molecule has 0 bridgehead atoms. The molecule has 1 saturated carbocycles. The molecule has 1 amide bonds. The van der Waals surface area contributed by atoms with E-state index in [0.717, 1.165) is 34.4 Å². The third-order valence-corrected chi connectivity index (χ3v) is 8.38. The van der Waals surface area contributed by atoms with Crippen LogP contribution in [0, 0.1) is 5.92 Å². The molecule has 1 aromatic heterocycles. The van der Waals surface area contributed by atoms with Gasteiger partial charge in [-0.25, -0.2) is 13.4 Å². The number of hydrogen-bond donors (Lipinski definition) is 0. The summed E-state index contributed by atoms with van der Waals surface area (Å²) in [7, 11) is -3.44. The molecule has 0 atom stereocenters. The summed E-state index contributed by atoms with van der Waals surface area (Å²) >= 11 is 7.68. The largest absolute Gasteiger partial charge is 0.492 e. The summed E-state index contributed by atoms with van der Waals surface area (Å²) in [6.45, 7) is 2.86. The van der Waals surface area contributed by atoms with E-state index in [1.54, 1.807) is 22.3 Å². The minimum Gasteiger partial charge on any atom is -0.492 e. The summed E-state index contributed by atoms with van der Waals surface area (Å²) < 4.78 is 31.1. The SMILES string of the molecule is CS(=O)(=O)c1ccc(OCC2CC2)c(C(=O)N2CCN(c3nc4ccc(Cl)cc4s3)CC2)c1. The zero-order valence-electron chi connectivity index (χ0n) is 18.2. The molecular weight excluding hydrogens is 482 g/mol. The predicted molar refractivity (Wildman–Crippen MR) is 131 cm³/mol. The molecule has 10 heteroatoms. The Morgan fingerprint density at radius 2 is 1.91 bits per heavy atom. The summed E-state index contributed by atoms with van der Waals surface area (Å²) in [6.07, 6.45) is 3.40. The fourth-order valence-corrected chi connectivity index (χ4v) is 5.76. The second-order valence-electron chi connectivity index (χ2n) is 8.57. The highest BCUT2D eigenvalue weighted by Crippen LogP contribution is 2.33. The fourth-order valence-electron chi connectivity index (χ4n) is 3.82. The van der Waals surface area contributed by atoms with Gasteiger partial charge in [-0.3, -0.25) is 4.79 Å². The topological polar surface area (TPSA) is 79.8 Å². The number of benzene rings is 2. The highest BCUT2D eigenvalue weighted by Gasteiger charge is 2.28. The molecule has 0 spiro atoms. The van der Waals surface area contributed by atoms with Crippen molar-refractivity contribution in [2.75, 3.05) is 43.9 Å². The minimum atomic E-state index is -3.44. The molecule has 0 unspecified atom stereocenters. The lowest BCUT2D eigenvalue weighted by Crippen LogP contribution is -2.48. The number of hydrogen-bond acceptors (Lipinski definition) is 7. The summed E-state index contributed by atoms with van der Waals surface area (Å²) in [4.78, 5) is 22.1. The molecule has 174 valence electrons. The number of halogens is 1. The average Bonchev–Trinajstić information content (AvgIpc) is 3.53. The van der Waals surface area contributed by atoms with Crippen LogP contribution in [0.5, 0.6) is 5.75 Å². The van der Waals surface area contributed by atoms with Crippen LogP contribution in [-0.2, 0) is 9.84 Å². The number of rotatable bonds is 6. The zero-order valence-corrected chi connectivity index (χ0v) is 20.5. The van der Waals surface area contributed by atoms with E-state index in [-0.39, 0.29) is 10.8 Å². The Balaban J connectivity index is 1.33. The molecule has 33 heavy (non-hydrogen) atoms. The Morgan fingerprint density at radius 3 is 2.61 bits per heavy atom. The molecule has 2 aliphatic rings. The Morgan fingerprint density at radius 1 is 1.15 bits per heavy atom. The van der Waals surface area contributed by atoms with Gasteiger partial charge in [0, 0.05) is 37.5 Å². The number of fused-ring (bicyclic) bond motifs is 1. The monoisotopic (exact) mass is 505 g/mol. The van der Waals surface area contributed by atoms with Gasteiger partial charge in [0.15, 0.2) is 15.0 Å². The van der Waals surface area contributed by atoms with Gasteiger partial charge < -0.3 is 14.5 Å². The lowest BCUT2D eigenvalue weighted by molar-refractivity contribution is 0.0741. The third-order valence-electron chi connectivity index (χ3n) is 5.96. The maximum Gasteiger partial charge on any atom is 0.257 e. The van der Waals surface area contributed by atoms with Crippen LogP contribution in [0.15, 0.2) is 41.3 Å². The number of ether oxygens (including phenoxy) is 1. The standard InChI is InChI=1S/C23H24ClN3O4S2/c1-33(29,30)17-5-7-20(31-14-15-2-3-15)18(13-17)22(28)26-8-10-27(11-9-26)23-25-19-6-4-16(24)12-21(19)32-23/h4-7,12-13,15H,2-3,8-11,14H2,1H3. The molecule has 7 nitrogen and oxygen atoms in total. The van der Waals surface area contributed by atoms with Crippen LogP contribution >= 0.6 is 22.9 Å². The first-order valence-electron chi connectivity index (χ1n) is 10.9. The van der Waals surface area contributed by atoms with Crippen molar-refractivity contribution in [2.24, 2.45) is 5.92 Å². The minimum absolute atomic E-state index is 0.122. The average molecular weight is 506 g/mol. The van der Waals surface area contributed by atoms with E-state index in [1.165, 1.54) is 12.1 Å². The number of carbonyl (C=O) groups is 1. The number of sulfone groups is 1. The number of carbonyl (C=O) groups excluding carboxylic acids is 1. The molecule has 1 aliphatic heterocycles. The van der Waals surface area contributed by atoms with Gasteiger partial charge in [0.2, 0.25) is 0 Å². The molecule has 0 radical (unpaired) electrons. The molecule has 2 heterocycles. The van der Waals surface area contributed by atoms with Crippen molar-refractivity contribution in [2.45, 2.75) is 17.7 Å². The van der Waals surface area contributed by atoms with Crippen molar-refractivity contribution in [1.29, 1.82) is 0 Å². The Hall–Kier alpha value is -2.36. The van der Waals surface area contributed by atoms with Crippen molar-refractivity contribution in [3.63, 3.8) is 0 Å². The number of nitrogens with zero attached hydrogens (tertiary/aromatic N) is 3. The van der Waals surface area contributed by atoms with Gasteiger partial charge in [-0.05, 0) is 55.2 Å². The van der Waals surface area contributed by atoms with E-state index in [4.69, 9.17) is 21.3 Å². The number of amides is 1. The summed E-state index contributed by atoms with van der Waals surface area (Å²) in [6, 6.07) is 10.2. The summed E-state index contributed by atoms with van der Waals surface area (Å²) in [5, 5.41) is 1.59. The van der Waals surface area contributed by atoms with E-state index in [9.17, 15) is 13.2 Å². The van der Waals surface area contributed by atoms with Crippen LogP contribution in [0.25, 0.3) is 10.2 Å². The summed E-state index contributed by atoms with van der Waals surface area (Å²) in [5.74, 6) is 0.765. The van der Waals surface area contributed by atoms with Crippen LogP contribution in [-0.4, -0.2) is 63.3 Å². The van der Waals surface area contributed by atoms with Crippen molar-refractivity contribution in [1.82, 2.24) is 9.88 Å². The third kappa shape index (κ3) is 4.95. The van der Waals surface area contributed by atoms with Gasteiger partial charge in [-0.1, -0.05) is 22.9 Å². The normalized spacial score (nSPS) is 16.9. The molecule has 3 aromatic rings. The van der Waals surface area contributed by atoms with Crippen molar-refractivity contribution < 1.29 is 17.9 Å². The molecule has 5 rings (SSSR count). The number of thiazole rings is 1. The maximum atomic E-state index is 13.4. The van der Waals surface area contributed by atoms with E-state index >= 15 is 0 Å². The number of anilines is 1. The molecule has 0 N–H and O–H groups in total. The van der Waals surface area contributed by atoms with E-state index in [1.807, 2.05) is 18.2 Å². The lowest BCUT2D eigenvalue weighted by Gasteiger charge is -2.34. The van der Waals surface area contributed by atoms with Gasteiger partial charge in [-0.15, -0.1) is 0 Å². The van der Waals surface area contributed by atoms with Crippen LogP contribution in [0.3, 0.4) is 0 Å². The molecule has 1 saturated heterocycles. The predicted octanol–water partition coefficient (Wildman–Crippen LogP) is 4.10. The maximum absolute atomic E-state index is 13.4. The van der Waals surface area contributed by atoms with Gasteiger partial charge in [-0.2, -0.15) is 0 Å². The van der Waals surface area contributed by atoms with Crippen LogP contribution in [0.2, 0.25) is 5.02 Å². The fraction of sp³-hybridized carbons (Fsp3) is 0.391. The first-order valence-corrected chi connectivity index (χ1v) is 13.9. The van der Waals surface area contributed by atoms with Gasteiger partial charge >= 0.3 is 0 Å². The molecular formula is C23H24ClN3O4S2. The van der Waals surface area contributed by atoms with Crippen molar-refractivity contribution >= 4 is 54.0 Å². The molecule has 2 fully saturated rings. The number of piperazine rings is 1. The quantitative estimate of drug-likeness (QED) is 0.501. The first kappa shape index (κ1) is 22.4. The lowest BCUT2D eigenvalue weighted by atomic mass is 10.1. The van der Waals surface area contributed by atoms with Crippen molar-refractivity contribution in [3.05, 3.63) is 47.0 Å². The summed E-state index contributed by atoms with van der Waals surface area (Å²) in [5.41, 5.74) is 1.22.